The van der Waals surface area contributed by atoms with Crippen molar-refractivity contribution < 1.29 is 8.42 Å². The fraction of sp³-hybridized carbons (Fsp3) is 1.00. The Morgan fingerprint density at radius 2 is 1.75 bits per heavy atom. The van der Waals surface area contributed by atoms with E-state index >= 15 is 0 Å². The first-order chi connectivity index (χ1) is 7.49. The van der Waals surface area contributed by atoms with Crippen molar-refractivity contribution in [3.63, 3.8) is 0 Å². The lowest BCUT2D eigenvalue weighted by molar-refractivity contribution is 0.204. The summed E-state index contributed by atoms with van der Waals surface area (Å²) in [5.74, 6) is 0.249. The Bertz CT molecular complexity index is 293. The molecule has 5 heteroatoms. The van der Waals surface area contributed by atoms with Gasteiger partial charge in [0, 0.05) is 12.1 Å². The van der Waals surface area contributed by atoms with Gasteiger partial charge in [-0.2, -0.15) is 4.31 Å². The lowest BCUT2D eigenvalue weighted by atomic mass is 10.0. The van der Waals surface area contributed by atoms with Crippen LogP contribution in [0.1, 0.15) is 46.0 Å². The molecule has 4 nitrogen and oxygen atoms in total. The molecule has 0 aromatic heterocycles. The summed E-state index contributed by atoms with van der Waals surface area (Å²) in [6.07, 6.45) is 4.57. The molecule has 1 saturated heterocycles. The van der Waals surface area contributed by atoms with E-state index in [-0.39, 0.29) is 17.8 Å². The summed E-state index contributed by atoms with van der Waals surface area (Å²) < 4.78 is 26.0. The SMILES string of the molecule is CC1CCCC(C)N1S(=O)(=O)CCCCN. The maximum absolute atomic E-state index is 12.2. The van der Waals surface area contributed by atoms with Gasteiger partial charge in [0.15, 0.2) is 0 Å². The van der Waals surface area contributed by atoms with Crippen molar-refractivity contribution in [2.45, 2.75) is 58.0 Å². The normalized spacial score (nSPS) is 28.2. The van der Waals surface area contributed by atoms with Gasteiger partial charge in [-0.1, -0.05) is 6.42 Å². The molecule has 0 aromatic carbocycles. The average molecular weight is 248 g/mol. The summed E-state index contributed by atoms with van der Waals surface area (Å²) in [7, 11) is -3.08. The molecular formula is C11H24N2O2S. The van der Waals surface area contributed by atoms with Gasteiger partial charge in [-0.25, -0.2) is 8.42 Å². The molecule has 96 valence electrons. The Hall–Kier alpha value is -0.130. The molecule has 2 atom stereocenters. The number of rotatable bonds is 5. The number of nitrogens with two attached hydrogens (primary N) is 1. The zero-order valence-corrected chi connectivity index (χ0v) is 11.2. The molecular weight excluding hydrogens is 224 g/mol. The summed E-state index contributed by atoms with van der Waals surface area (Å²) in [5.41, 5.74) is 5.38. The van der Waals surface area contributed by atoms with Crippen molar-refractivity contribution in [3.05, 3.63) is 0 Å². The second-order valence-corrected chi connectivity index (χ2v) is 6.76. The fourth-order valence-electron chi connectivity index (χ4n) is 2.48. The van der Waals surface area contributed by atoms with Crippen LogP contribution in [0.3, 0.4) is 0 Å². The van der Waals surface area contributed by atoms with Gasteiger partial charge >= 0.3 is 0 Å². The van der Waals surface area contributed by atoms with Crippen molar-refractivity contribution in [1.29, 1.82) is 0 Å². The van der Waals surface area contributed by atoms with E-state index in [0.717, 1.165) is 25.7 Å². The molecule has 0 amide bonds. The minimum absolute atomic E-state index is 0.159. The van der Waals surface area contributed by atoms with E-state index in [1.54, 1.807) is 4.31 Å². The van der Waals surface area contributed by atoms with Crippen molar-refractivity contribution in [1.82, 2.24) is 4.31 Å². The third kappa shape index (κ3) is 3.43. The van der Waals surface area contributed by atoms with E-state index in [1.807, 2.05) is 13.8 Å². The van der Waals surface area contributed by atoms with Gasteiger partial charge in [-0.3, -0.25) is 0 Å². The van der Waals surface area contributed by atoms with Crippen molar-refractivity contribution in [2.24, 2.45) is 5.73 Å². The molecule has 1 aliphatic heterocycles. The van der Waals surface area contributed by atoms with Gasteiger partial charge in [0.05, 0.1) is 5.75 Å². The van der Waals surface area contributed by atoms with E-state index in [0.29, 0.717) is 13.0 Å². The number of sulfonamides is 1. The summed E-state index contributed by atoms with van der Waals surface area (Å²) in [6, 6.07) is 0.318. The van der Waals surface area contributed by atoms with E-state index in [9.17, 15) is 8.42 Å². The Kier molecular flexibility index (Phi) is 5.21. The van der Waals surface area contributed by atoms with Crippen LogP contribution in [-0.2, 0) is 10.0 Å². The van der Waals surface area contributed by atoms with E-state index in [4.69, 9.17) is 5.73 Å². The number of hydrogen-bond donors (Lipinski definition) is 1. The highest BCUT2D eigenvalue weighted by atomic mass is 32.2. The van der Waals surface area contributed by atoms with Crippen LogP contribution in [0.15, 0.2) is 0 Å². The predicted molar refractivity (Wildman–Crippen MR) is 66.7 cm³/mol. The number of unbranched alkanes of at least 4 members (excludes halogenated alkanes) is 1. The molecule has 1 fully saturated rings. The molecule has 0 aromatic rings. The molecule has 0 bridgehead atoms. The molecule has 16 heavy (non-hydrogen) atoms. The van der Waals surface area contributed by atoms with Gasteiger partial charge < -0.3 is 5.73 Å². The smallest absolute Gasteiger partial charge is 0.214 e. The molecule has 2 unspecified atom stereocenters. The Balaban J connectivity index is 2.64. The Morgan fingerprint density at radius 3 is 2.25 bits per heavy atom. The summed E-state index contributed by atoms with van der Waals surface area (Å²) in [4.78, 5) is 0. The first-order valence-electron chi connectivity index (χ1n) is 6.20. The maximum Gasteiger partial charge on any atom is 0.214 e. The molecule has 2 N–H and O–H groups in total. The third-order valence-electron chi connectivity index (χ3n) is 3.29. The minimum atomic E-state index is -3.08. The zero-order valence-electron chi connectivity index (χ0n) is 10.4. The quantitative estimate of drug-likeness (QED) is 0.746. The second kappa shape index (κ2) is 5.98. The standard InChI is InChI=1S/C11H24N2O2S/c1-10-6-5-7-11(2)13(10)16(14,15)9-4-3-8-12/h10-11H,3-9,12H2,1-2H3. The first kappa shape index (κ1) is 13.9. The van der Waals surface area contributed by atoms with Crippen molar-refractivity contribution >= 4 is 10.0 Å². The van der Waals surface area contributed by atoms with E-state index in [2.05, 4.69) is 0 Å². The third-order valence-corrected chi connectivity index (χ3v) is 5.46. The molecule has 0 radical (unpaired) electrons. The number of hydrogen-bond acceptors (Lipinski definition) is 3. The largest absolute Gasteiger partial charge is 0.330 e. The maximum atomic E-state index is 12.2. The van der Waals surface area contributed by atoms with Crippen LogP contribution < -0.4 is 5.73 Å². The summed E-state index contributed by atoms with van der Waals surface area (Å²) in [5, 5.41) is 0. The van der Waals surface area contributed by atoms with Gasteiger partial charge in [0.25, 0.3) is 0 Å². The monoisotopic (exact) mass is 248 g/mol. The Morgan fingerprint density at radius 1 is 1.19 bits per heavy atom. The second-order valence-electron chi connectivity index (χ2n) is 4.77. The highest BCUT2D eigenvalue weighted by Crippen LogP contribution is 2.26. The topological polar surface area (TPSA) is 63.4 Å². The molecule has 1 aliphatic rings. The van der Waals surface area contributed by atoms with Crippen molar-refractivity contribution in [3.8, 4) is 0 Å². The lowest BCUT2D eigenvalue weighted by Crippen LogP contribution is -2.48. The van der Waals surface area contributed by atoms with Crippen LogP contribution in [-0.4, -0.2) is 37.1 Å². The highest BCUT2D eigenvalue weighted by Gasteiger charge is 2.33. The van der Waals surface area contributed by atoms with Crippen molar-refractivity contribution in [2.75, 3.05) is 12.3 Å². The van der Waals surface area contributed by atoms with Crippen LogP contribution in [0.4, 0.5) is 0 Å². The van der Waals surface area contributed by atoms with Crippen LogP contribution in [0.5, 0.6) is 0 Å². The van der Waals surface area contributed by atoms with Crippen LogP contribution in [0.25, 0.3) is 0 Å². The average Bonchev–Trinajstić information content (AvgIpc) is 2.17. The molecule has 0 aliphatic carbocycles. The predicted octanol–water partition coefficient (Wildman–Crippen LogP) is 1.32. The van der Waals surface area contributed by atoms with Gasteiger partial charge in [0.1, 0.15) is 0 Å². The number of nitrogens with zero attached hydrogens (tertiary/aromatic N) is 1. The first-order valence-corrected chi connectivity index (χ1v) is 7.81. The van der Waals surface area contributed by atoms with E-state index < -0.39 is 10.0 Å². The van der Waals surface area contributed by atoms with Crippen LogP contribution >= 0.6 is 0 Å². The van der Waals surface area contributed by atoms with Gasteiger partial charge in [-0.15, -0.1) is 0 Å². The lowest BCUT2D eigenvalue weighted by Gasteiger charge is -2.37. The van der Waals surface area contributed by atoms with E-state index in [1.165, 1.54) is 0 Å². The van der Waals surface area contributed by atoms with Gasteiger partial charge in [0.2, 0.25) is 10.0 Å². The molecule has 0 saturated carbocycles. The van der Waals surface area contributed by atoms with Crippen LogP contribution in [0, 0.1) is 0 Å². The fourth-order valence-corrected chi connectivity index (χ4v) is 4.57. The Labute approximate surface area is 99.2 Å². The summed E-state index contributed by atoms with van der Waals surface area (Å²) in [6.45, 7) is 4.59. The molecule has 0 spiro atoms. The van der Waals surface area contributed by atoms with Gasteiger partial charge in [-0.05, 0) is 46.1 Å². The molecule has 1 heterocycles. The highest BCUT2D eigenvalue weighted by molar-refractivity contribution is 7.89. The zero-order chi connectivity index (χ0) is 12.2. The summed E-state index contributed by atoms with van der Waals surface area (Å²) >= 11 is 0. The van der Waals surface area contributed by atoms with Crippen LogP contribution in [0.2, 0.25) is 0 Å². The molecule has 1 rings (SSSR count). The minimum Gasteiger partial charge on any atom is -0.330 e. The number of piperidine rings is 1.